The van der Waals surface area contributed by atoms with Crippen LogP contribution >= 0.6 is 11.8 Å². The van der Waals surface area contributed by atoms with E-state index in [-0.39, 0.29) is 17.4 Å². The van der Waals surface area contributed by atoms with Gasteiger partial charge in [-0.15, -0.1) is 0 Å². The third-order valence-electron chi connectivity index (χ3n) is 4.84. The summed E-state index contributed by atoms with van der Waals surface area (Å²) in [5, 5.41) is 8.80. The predicted molar refractivity (Wildman–Crippen MR) is 63.0 cm³/mol. The SMILES string of the molecule is CC12CCC(CC1=O)C2(C)CSCCO. The molecule has 2 fully saturated rings. The Morgan fingerprint density at radius 3 is 2.73 bits per heavy atom. The van der Waals surface area contributed by atoms with Crippen molar-refractivity contribution in [2.45, 2.75) is 33.1 Å². The molecule has 0 heterocycles. The van der Waals surface area contributed by atoms with Crippen LogP contribution in [0.15, 0.2) is 0 Å². The van der Waals surface area contributed by atoms with Gasteiger partial charge >= 0.3 is 0 Å². The summed E-state index contributed by atoms with van der Waals surface area (Å²) in [5.41, 5.74) is 0.115. The Balaban J connectivity index is 2.11. The summed E-state index contributed by atoms with van der Waals surface area (Å²) in [5.74, 6) is 2.90. The van der Waals surface area contributed by atoms with E-state index in [9.17, 15) is 4.79 Å². The van der Waals surface area contributed by atoms with E-state index in [1.54, 1.807) is 11.8 Å². The van der Waals surface area contributed by atoms with Crippen LogP contribution in [0.25, 0.3) is 0 Å². The summed E-state index contributed by atoms with van der Waals surface area (Å²) in [6, 6.07) is 0. The molecule has 3 unspecified atom stereocenters. The monoisotopic (exact) mass is 228 g/mol. The molecule has 86 valence electrons. The molecule has 2 rings (SSSR count). The lowest BCUT2D eigenvalue weighted by Crippen LogP contribution is -2.37. The van der Waals surface area contributed by atoms with Gasteiger partial charge in [0.25, 0.3) is 0 Å². The van der Waals surface area contributed by atoms with Gasteiger partial charge in [-0.3, -0.25) is 4.79 Å². The van der Waals surface area contributed by atoms with Crippen molar-refractivity contribution in [3.63, 3.8) is 0 Å². The summed E-state index contributed by atoms with van der Waals surface area (Å²) in [4.78, 5) is 11.9. The lowest BCUT2D eigenvalue weighted by atomic mass is 9.70. The molecular weight excluding hydrogens is 208 g/mol. The summed E-state index contributed by atoms with van der Waals surface area (Å²) in [7, 11) is 0. The molecule has 0 spiro atoms. The Hall–Kier alpha value is -0.0200. The van der Waals surface area contributed by atoms with Crippen LogP contribution in [0.3, 0.4) is 0 Å². The van der Waals surface area contributed by atoms with Crippen LogP contribution in [-0.4, -0.2) is 29.0 Å². The molecule has 0 radical (unpaired) electrons. The van der Waals surface area contributed by atoms with E-state index in [1.807, 2.05) is 0 Å². The molecule has 2 saturated carbocycles. The summed E-state index contributed by atoms with van der Waals surface area (Å²) in [6.45, 7) is 4.68. The first kappa shape index (κ1) is 11.5. The first-order valence-electron chi connectivity index (χ1n) is 5.76. The third kappa shape index (κ3) is 1.47. The molecule has 0 aromatic rings. The fourth-order valence-corrected chi connectivity index (χ4v) is 4.63. The Morgan fingerprint density at radius 2 is 2.27 bits per heavy atom. The fraction of sp³-hybridized carbons (Fsp3) is 0.917. The van der Waals surface area contributed by atoms with E-state index in [1.165, 1.54) is 6.42 Å². The highest BCUT2D eigenvalue weighted by Crippen LogP contribution is 2.64. The van der Waals surface area contributed by atoms with Gasteiger partial charge in [-0.05, 0) is 29.9 Å². The fourth-order valence-electron chi connectivity index (χ4n) is 3.38. The Bertz CT molecular complexity index is 279. The Morgan fingerprint density at radius 1 is 1.53 bits per heavy atom. The number of thioether (sulfide) groups is 1. The zero-order valence-electron chi connectivity index (χ0n) is 9.58. The van der Waals surface area contributed by atoms with Gasteiger partial charge in [0, 0.05) is 17.6 Å². The van der Waals surface area contributed by atoms with E-state index in [0.29, 0.717) is 11.7 Å². The predicted octanol–water partition coefficient (Wildman–Crippen LogP) is 2.11. The lowest BCUT2D eigenvalue weighted by Gasteiger charge is -2.36. The van der Waals surface area contributed by atoms with E-state index < -0.39 is 0 Å². The number of ketones is 1. The van der Waals surface area contributed by atoms with Crippen molar-refractivity contribution in [3.05, 3.63) is 0 Å². The molecule has 2 aliphatic rings. The first-order valence-corrected chi connectivity index (χ1v) is 6.92. The van der Waals surface area contributed by atoms with Crippen LogP contribution in [0, 0.1) is 16.7 Å². The van der Waals surface area contributed by atoms with Gasteiger partial charge in [0.2, 0.25) is 0 Å². The molecule has 0 amide bonds. The maximum Gasteiger partial charge on any atom is 0.139 e. The summed E-state index contributed by atoms with van der Waals surface area (Å²) >= 11 is 1.80. The van der Waals surface area contributed by atoms with Crippen LogP contribution in [0.2, 0.25) is 0 Å². The van der Waals surface area contributed by atoms with Gasteiger partial charge in [0.1, 0.15) is 5.78 Å². The number of rotatable bonds is 4. The molecule has 0 aromatic heterocycles. The average Bonchev–Trinajstić information content (AvgIpc) is 2.53. The normalized spacial score (nSPS) is 43.9. The van der Waals surface area contributed by atoms with Crippen molar-refractivity contribution in [2.75, 3.05) is 18.1 Å². The van der Waals surface area contributed by atoms with Crippen LogP contribution in [0.5, 0.6) is 0 Å². The summed E-state index contributed by atoms with van der Waals surface area (Å²) in [6.07, 6.45) is 3.10. The number of fused-ring (bicyclic) bond motifs is 2. The number of carbonyl (C=O) groups excluding carboxylic acids is 1. The second-order valence-electron chi connectivity index (χ2n) is 5.39. The molecule has 2 bridgehead atoms. The second-order valence-corrected chi connectivity index (χ2v) is 6.49. The van der Waals surface area contributed by atoms with Crippen molar-refractivity contribution >= 4 is 17.5 Å². The van der Waals surface area contributed by atoms with Crippen molar-refractivity contribution in [1.29, 1.82) is 0 Å². The molecule has 0 aromatic carbocycles. The molecule has 2 aliphatic carbocycles. The molecule has 2 nitrogen and oxygen atoms in total. The zero-order valence-corrected chi connectivity index (χ0v) is 10.4. The molecule has 1 N–H and O–H groups in total. The van der Waals surface area contributed by atoms with E-state index >= 15 is 0 Å². The minimum absolute atomic E-state index is 0.0693. The Labute approximate surface area is 95.8 Å². The quantitative estimate of drug-likeness (QED) is 0.749. The molecule has 3 atom stereocenters. The third-order valence-corrected chi connectivity index (χ3v) is 6.11. The highest BCUT2D eigenvalue weighted by Gasteiger charge is 2.63. The van der Waals surface area contributed by atoms with Gasteiger partial charge < -0.3 is 5.11 Å². The lowest BCUT2D eigenvalue weighted by molar-refractivity contribution is -0.128. The average molecular weight is 228 g/mol. The topological polar surface area (TPSA) is 37.3 Å². The smallest absolute Gasteiger partial charge is 0.139 e. The highest BCUT2D eigenvalue weighted by molar-refractivity contribution is 7.99. The van der Waals surface area contributed by atoms with Crippen LogP contribution in [0.1, 0.15) is 33.1 Å². The van der Waals surface area contributed by atoms with E-state index in [2.05, 4.69) is 13.8 Å². The van der Waals surface area contributed by atoms with Gasteiger partial charge in [0.05, 0.1) is 6.61 Å². The van der Waals surface area contributed by atoms with Crippen molar-refractivity contribution in [1.82, 2.24) is 0 Å². The minimum atomic E-state index is -0.0693. The van der Waals surface area contributed by atoms with E-state index in [4.69, 9.17) is 5.11 Å². The van der Waals surface area contributed by atoms with E-state index in [0.717, 1.165) is 24.3 Å². The highest BCUT2D eigenvalue weighted by atomic mass is 32.2. The Kier molecular flexibility index (Phi) is 2.89. The van der Waals surface area contributed by atoms with Gasteiger partial charge in [-0.2, -0.15) is 11.8 Å². The zero-order chi connectivity index (χ0) is 11.1. The molecule has 15 heavy (non-hydrogen) atoms. The van der Waals surface area contributed by atoms with Crippen molar-refractivity contribution in [2.24, 2.45) is 16.7 Å². The van der Waals surface area contributed by atoms with Gasteiger partial charge in [-0.1, -0.05) is 13.8 Å². The molecule has 0 saturated heterocycles. The van der Waals surface area contributed by atoms with Crippen molar-refractivity contribution in [3.8, 4) is 0 Å². The molecule has 0 aliphatic heterocycles. The summed E-state index contributed by atoms with van der Waals surface area (Å²) < 4.78 is 0. The maximum atomic E-state index is 11.9. The van der Waals surface area contributed by atoms with Gasteiger partial charge in [-0.25, -0.2) is 0 Å². The number of aliphatic hydroxyl groups is 1. The maximum absolute atomic E-state index is 11.9. The number of Topliss-reactive ketones (excluding diaryl/α,β-unsaturated/α-hetero) is 1. The number of hydrogen-bond donors (Lipinski definition) is 1. The van der Waals surface area contributed by atoms with Crippen molar-refractivity contribution < 1.29 is 9.90 Å². The molecule has 3 heteroatoms. The minimum Gasteiger partial charge on any atom is -0.396 e. The van der Waals surface area contributed by atoms with Crippen LogP contribution in [0.4, 0.5) is 0 Å². The largest absolute Gasteiger partial charge is 0.396 e. The molecular formula is C12H20O2S. The second kappa shape index (κ2) is 3.77. The number of carbonyl (C=O) groups is 1. The first-order chi connectivity index (χ1) is 7.04. The standard InChI is InChI=1S/C12H20O2S/c1-11-4-3-9(7-10(11)14)12(11,2)8-15-6-5-13/h9,13H,3-8H2,1-2H3. The number of aliphatic hydroxyl groups excluding tert-OH is 1. The number of hydrogen-bond acceptors (Lipinski definition) is 3. The van der Waals surface area contributed by atoms with Gasteiger partial charge in [0.15, 0.2) is 0 Å². The van der Waals surface area contributed by atoms with Crippen LogP contribution in [-0.2, 0) is 4.79 Å². The van der Waals surface area contributed by atoms with Crippen LogP contribution < -0.4 is 0 Å².